The molecular formula is C19H27N3O2. The van der Waals surface area contributed by atoms with E-state index in [1.54, 1.807) is 11.8 Å². The first-order valence-corrected chi connectivity index (χ1v) is 8.79. The molecule has 5 nitrogen and oxygen atoms in total. The molecule has 1 fully saturated rings. The van der Waals surface area contributed by atoms with Crippen molar-refractivity contribution in [2.45, 2.75) is 57.5 Å². The minimum absolute atomic E-state index is 0.0455. The van der Waals surface area contributed by atoms with Crippen LogP contribution in [-0.4, -0.2) is 36.0 Å². The zero-order chi connectivity index (χ0) is 17.3. The average molecular weight is 329 g/mol. The van der Waals surface area contributed by atoms with Crippen LogP contribution < -0.4 is 10.6 Å². The number of carbonyl (C=O) groups is 2. The Kier molecular flexibility index (Phi) is 4.52. The topological polar surface area (TPSA) is 61.4 Å². The molecule has 24 heavy (non-hydrogen) atoms. The molecule has 0 aromatic heterocycles. The Balaban J connectivity index is 1.62. The number of benzene rings is 1. The largest absolute Gasteiger partial charge is 0.341 e. The van der Waals surface area contributed by atoms with E-state index in [2.05, 4.69) is 42.7 Å². The van der Waals surface area contributed by atoms with Crippen LogP contribution in [0.3, 0.4) is 0 Å². The van der Waals surface area contributed by atoms with Crippen molar-refractivity contribution in [3.8, 4) is 0 Å². The number of rotatable bonds is 2. The summed E-state index contributed by atoms with van der Waals surface area (Å²) in [4.78, 5) is 25.6. The lowest BCUT2D eigenvalue weighted by atomic mass is 9.71. The Bertz CT molecular complexity index is 641. The van der Waals surface area contributed by atoms with E-state index >= 15 is 0 Å². The molecule has 0 unspecified atom stereocenters. The fraction of sp³-hybridized carbons (Fsp3) is 0.579. The van der Waals surface area contributed by atoms with Crippen LogP contribution in [0.4, 0.5) is 4.79 Å². The zero-order valence-corrected chi connectivity index (χ0v) is 14.8. The van der Waals surface area contributed by atoms with E-state index in [0.717, 1.165) is 25.8 Å². The van der Waals surface area contributed by atoms with Gasteiger partial charge in [0.05, 0.1) is 6.04 Å². The molecule has 1 heterocycles. The Hall–Kier alpha value is -2.04. The quantitative estimate of drug-likeness (QED) is 0.876. The van der Waals surface area contributed by atoms with Crippen molar-refractivity contribution in [2.75, 3.05) is 13.1 Å². The highest BCUT2D eigenvalue weighted by molar-refractivity contribution is 5.76. The van der Waals surface area contributed by atoms with Crippen molar-refractivity contribution in [2.24, 2.45) is 0 Å². The van der Waals surface area contributed by atoms with Crippen molar-refractivity contribution in [1.82, 2.24) is 15.5 Å². The minimum atomic E-state index is -0.134. The summed E-state index contributed by atoms with van der Waals surface area (Å²) < 4.78 is 0. The van der Waals surface area contributed by atoms with Gasteiger partial charge in [0.2, 0.25) is 5.91 Å². The van der Waals surface area contributed by atoms with Crippen LogP contribution in [-0.2, 0) is 10.2 Å². The van der Waals surface area contributed by atoms with Crippen molar-refractivity contribution in [3.63, 3.8) is 0 Å². The monoisotopic (exact) mass is 329 g/mol. The molecule has 2 aliphatic rings. The van der Waals surface area contributed by atoms with Crippen molar-refractivity contribution in [1.29, 1.82) is 0 Å². The second-order valence-corrected chi connectivity index (χ2v) is 7.63. The minimum Gasteiger partial charge on any atom is -0.341 e. The highest BCUT2D eigenvalue weighted by atomic mass is 16.2. The maximum atomic E-state index is 12.4. The smallest absolute Gasteiger partial charge is 0.315 e. The molecule has 1 saturated heterocycles. The number of fused-ring (bicyclic) bond motifs is 1. The lowest BCUT2D eigenvalue weighted by Crippen LogP contribution is -2.46. The molecule has 0 radical (unpaired) electrons. The SMILES string of the molecule is CC(=O)N1CC[C@H](NC(=O)N[C@@H]2CCC(C)(C)c3ccccc32)C1. The average Bonchev–Trinajstić information content (AvgIpc) is 2.99. The molecule has 5 heteroatoms. The second kappa shape index (κ2) is 6.46. The maximum Gasteiger partial charge on any atom is 0.315 e. The molecular weight excluding hydrogens is 302 g/mol. The van der Waals surface area contributed by atoms with Crippen LogP contribution in [0, 0.1) is 0 Å². The van der Waals surface area contributed by atoms with Crippen LogP contribution >= 0.6 is 0 Å². The number of hydrogen-bond donors (Lipinski definition) is 2. The summed E-state index contributed by atoms with van der Waals surface area (Å²) in [5.74, 6) is 0.0724. The van der Waals surface area contributed by atoms with Gasteiger partial charge in [-0.2, -0.15) is 0 Å². The first-order chi connectivity index (χ1) is 11.4. The Morgan fingerprint density at radius 3 is 2.62 bits per heavy atom. The summed E-state index contributed by atoms with van der Waals surface area (Å²) in [6.45, 7) is 7.43. The Morgan fingerprint density at radius 2 is 1.92 bits per heavy atom. The van der Waals surface area contributed by atoms with Gasteiger partial charge in [-0.3, -0.25) is 4.79 Å². The molecule has 0 saturated carbocycles. The first kappa shape index (κ1) is 16.8. The van der Waals surface area contributed by atoms with Gasteiger partial charge in [-0.1, -0.05) is 38.1 Å². The van der Waals surface area contributed by atoms with E-state index in [0.29, 0.717) is 6.54 Å². The zero-order valence-electron chi connectivity index (χ0n) is 14.8. The van der Waals surface area contributed by atoms with Crippen LogP contribution in [0.1, 0.15) is 57.2 Å². The molecule has 1 aromatic rings. The van der Waals surface area contributed by atoms with Gasteiger partial charge in [-0.25, -0.2) is 4.79 Å². The summed E-state index contributed by atoms with van der Waals surface area (Å²) in [5, 5.41) is 6.15. The summed E-state index contributed by atoms with van der Waals surface area (Å²) in [6, 6.07) is 8.36. The number of urea groups is 1. The normalized spacial score (nSPS) is 25.0. The van der Waals surface area contributed by atoms with Crippen molar-refractivity contribution >= 4 is 11.9 Å². The predicted molar refractivity (Wildman–Crippen MR) is 93.8 cm³/mol. The van der Waals surface area contributed by atoms with Crippen LogP contribution in [0.5, 0.6) is 0 Å². The molecule has 3 rings (SSSR count). The first-order valence-electron chi connectivity index (χ1n) is 8.79. The standard InChI is InChI=1S/C19H27N3O2/c1-13(23)22-11-9-14(12-22)20-18(24)21-17-8-10-19(2,3)16-7-5-4-6-15(16)17/h4-7,14,17H,8-12H2,1-3H3,(H2,20,21,24)/t14-,17+/m0/s1. The molecule has 1 aromatic carbocycles. The van der Waals surface area contributed by atoms with Gasteiger partial charge in [0.25, 0.3) is 0 Å². The summed E-state index contributed by atoms with van der Waals surface area (Å²) in [7, 11) is 0. The van der Waals surface area contributed by atoms with Gasteiger partial charge in [0, 0.05) is 26.1 Å². The number of amides is 3. The number of nitrogens with one attached hydrogen (secondary N) is 2. The van der Waals surface area contributed by atoms with E-state index in [1.807, 2.05) is 6.07 Å². The lowest BCUT2D eigenvalue weighted by Gasteiger charge is -2.37. The van der Waals surface area contributed by atoms with E-state index in [4.69, 9.17) is 0 Å². The van der Waals surface area contributed by atoms with Crippen LogP contribution in [0.25, 0.3) is 0 Å². The third kappa shape index (κ3) is 3.40. The van der Waals surface area contributed by atoms with Gasteiger partial charge < -0.3 is 15.5 Å². The maximum absolute atomic E-state index is 12.4. The highest BCUT2D eigenvalue weighted by Crippen LogP contribution is 2.41. The highest BCUT2D eigenvalue weighted by Gasteiger charge is 2.33. The summed E-state index contributed by atoms with van der Waals surface area (Å²) in [5.41, 5.74) is 2.70. The number of carbonyl (C=O) groups excluding carboxylic acids is 2. The van der Waals surface area contributed by atoms with E-state index in [9.17, 15) is 9.59 Å². The van der Waals surface area contributed by atoms with E-state index in [1.165, 1.54) is 11.1 Å². The third-order valence-electron chi connectivity index (χ3n) is 5.40. The summed E-state index contributed by atoms with van der Waals surface area (Å²) >= 11 is 0. The van der Waals surface area contributed by atoms with Gasteiger partial charge >= 0.3 is 6.03 Å². The van der Waals surface area contributed by atoms with Crippen molar-refractivity contribution in [3.05, 3.63) is 35.4 Å². The molecule has 1 aliphatic heterocycles. The molecule has 0 spiro atoms. The molecule has 0 bridgehead atoms. The molecule has 2 N–H and O–H groups in total. The fourth-order valence-electron chi connectivity index (χ4n) is 3.91. The number of hydrogen-bond acceptors (Lipinski definition) is 2. The summed E-state index contributed by atoms with van der Waals surface area (Å²) in [6.07, 6.45) is 2.82. The van der Waals surface area contributed by atoms with Crippen molar-refractivity contribution < 1.29 is 9.59 Å². The predicted octanol–water partition coefficient (Wildman–Crippen LogP) is 2.72. The number of likely N-dealkylation sites (tertiary alicyclic amines) is 1. The van der Waals surface area contributed by atoms with Gasteiger partial charge in [0.1, 0.15) is 0 Å². The molecule has 2 atom stereocenters. The van der Waals surface area contributed by atoms with Gasteiger partial charge in [0.15, 0.2) is 0 Å². The lowest BCUT2D eigenvalue weighted by molar-refractivity contribution is -0.127. The second-order valence-electron chi connectivity index (χ2n) is 7.63. The molecule has 130 valence electrons. The van der Waals surface area contributed by atoms with E-state index < -0.39 is 0 Å². The third-order valence-corrected chi connectivity index (χ3v) is 5.40. The van der Waals surface area contributed by atoms with E-state index in [-0.39, 0.29) is 29.4 Å². The van der Waals surface area contributed by atoms with Gasteiger partial charge in [-0.05, 0) is 35.8 Å². The van der Waals surface area contributed by atoms with Gasteiger partial charge in [-0.15, -0.1) is 0 Å². The van der Waals surface area contributed by atoms with Crippen LogP contribution in [0.2, 0.25) is 0 Å². The Morgan fingerprint density at radius 1 is 1.17 bits per heavy atom. The van der Waals surface area contributed by atoms with Crippen LogP contribution in [0.15, 0.2) is 24.3 Å². The molecule has 1 aliphatic carbocycles. The molecule has 3 amide bonds. The Labute approximate surface area is 143 Å². The number of nitrogens with zero attached hydrogens (tertiary/aromatic N) is 1. The fourth-order valence-corrected chi connectivity index (χ4v) is 3.91.